The summed E-state index contributed by atoms with van der Waals surface area (Å²) >= 11 is 0. The number of hydrogen-bond acceptors (Lipinski definition) is 9. The Labute approximate surface area is 279 Å². The number of unbranched alkanes of at least 4 members (excludes halogenated alkanes) is 18. The highest BCUT2D eigenvalue weighted by atomic mass is 31.2. The van der Waals surface area contributed by atoms with Crippen LogP contribution in [0.15, 0.2) is 12.2 Å². The van der Waals surface area contributed by atoms with Crippen molar-refractivity contribution in [3.63, 3.8) is 0 Å². The third kappa shape index (κ3) is 31.3. The number of carbonyl (C=O) groups excluding carboxylic acids is 2. The Balaban J connectivity index is 4.40. The number of ether oxygens (including phenoxy) is 2. The lowest BCUT2D eigenvalue weighted by molar-refractivity contribution is -0.161. The monoisotopic (exact) mass is 678 g/mol. The molecule has 0 saturated heterocycles. The van der Waals surface area contributed by atoms with Gasteiger partial charge in [0.1, 0.15) is 12.7 Å². The minimum Gasteiger partial charge on any atom is -0.462 e. The van der Waals surface area contributed by atoms with Crippen molar-refractivity contribution in [3.05, 3.63) is 12.2 Å². The third-order valence-electron chi connectivity index (χ3n) is 7.67. The number of carbonyl (C=O) groups is 2. The zero-order chi connectivity index (χ0) is 34.1. The first-order valence-corrected chi connectivity index (χ1v) is 19.6. The summed E-state index contributed by atoms with van der Waals surface area (Å²) in [6.45, 7) is 2.32. The average molecular weight is 679 g/mol. The molecule has 0 spiro atoms. The van der Waals surface area contributed by atoms with E-state index in [4.69, 9.17) is 19.1 Å². The van der Waals surface area contributed by atoms with Crippen molar-refractivity contribution >= 4 is 19.8 Å². The molecule has 0 aromatic rings. The Hall–Kier alpha value is -1.29. The molecule has 0 aromatic heterocycles. The summed E-state index contributed by atoms with van der Waals surface area (Å²) in [5.74, 6) is -0.943. The van der Waals surface area contributed by atoms with E-state index in [0.717, 1.165) is 44.9 Å². The second-order valence-corrected chi connectivity index (χ2v) is 13.7. The van der Waals surface area contributed by atoms with E-state index < -0.39 is 51.8 Å². The standard InChI is InChI=1S/C35H67O10P/c1-3-5-7-9-11-13-15-16-17-19-20-22-24-26-34(38)42-30-33(31-44-46(40,41)43-29-32(37)28-36)45-35(39)27-25-23-21-18-14-12-10-8-6-4-2/h16-17,32-33,36-37H,3-15,18-31H2,1-2H3,(H,40,41)/b17-16+/t32-,33+/m0/s1. The normalized spacial score (nSPS) is 14.3. The van der Waals surface area contributed by atoms with Gasteiger partial charge in [0, 0.05) is 12.8 Å². The van der Waals surface area contributed by atoms with Crippen molar-refractivity contribution in [2.45, 2.75) is 174 Å². The van der Waals surface area contributed by atoms with E-state index >= 15 is 0 Å². The van der Waals surface area contributed by atoms with Crippen LogP contribution in [0.1, 0.15) is 162 Å². The van der Waals surface area contributed by atoms with Crippen LogP contribution < -0.4 is 0 Å². The Morgan fingerprint density at radius 3 is 1.59 bits per heavy atom. The molecule has 1 unspecified atom stereocenters. The maximum Gasteiger partial charge on any atom is 0.472 e. The first kappa shape index (κ1) is 44.7. The molecule has 0 radical (unpaired) electrons. The van der Waals surface area contributed by atoms with E-state index in [-0.39, 0.29) is 19.4 Å². The first-order chi connectivity index (χ1) is 22.2. The smallest absolute Gasteiger partial charge is 0.462 e. The van der Waals surface area contributed by atoms with Gasteiger partial charge in [-0.25, -0.2) is 4.57 Å². The highest BCUT2D eigenvalue weighted by Crippen LogP contribution is 2.43. The van der Waals surface area contributed by atoms with Crippen LogP contribution >= 0.6 is 7.82 Å². The Morgan fingerprint density at radius 1 is 0.630 bits per heavy atom. The molecule has 0 heterocycles. The molecular formula is C35H67O10P. The van der Waals surface area contributed by atoms with Crippen molar-refractivity contribution < 1.29 is 47.8 Å². The summed E-state index contributed by atoms with van der Waals surface area (Å²) in [6, 6.07) is 0. The van der Waals surface area contributed by atoms with Crippen LogP contribution in [0.5, 0.6) is 0 Å². The highest BCUT2D eigenvalue weighted by molar-refractivity contribution is 7.47. The van der Waals surface area contributed by atoms with E-state index in [9.17, 15) is 24.2 Å². The van der Waals surface area contributed by atoms with Gasteiger partial charge in [0.2, 0.25) is 0 Å². The van der Waals surface area contributed by atoms with Crippen molar-refractivity contribution in [2.24, 2.45) is 0 Å². The van der Waals surface area contributed by atoms with Gasteiger partial charge in [-0.3, -0.25) is 18.6 Å². The minimum absolute atomic E-state index is 0.185. The van der Waals surface area contributed by atoms with Gasteiger partial charge in [-0.1, -0.05) is 122 Å². The van der Waals surface area contributed by atoms with Gasteiger partial charge in [-0.15, -0.1) is 0 Å². The zero-order valence-corrected chi connectivity index (χ0v) is 29.9. The van der Waals surface area contributed by atoms with Gasteiger partial charge in [0.25, 0.3) is 0 Å². The lowest BCUT2D eigenvalue weighted by atomic mass is 10.1. The lowest BCUT2D eigenvalue weighted by Crippen LogP contribution is -2.29. The van der Waals surface area contributed by atoms with Crippen LogP contribution in [0.25, 0.3) is 0 Å². The fourth-order valence-electron chi connectivity index (χ4n) is 4.81. The van der Waals surface area contributed by atoms with E-state index in [1.54, 1.807) is 0 Å². The van der Waals surface area contributed by atoms with Gasteiger partial charge in [0.15, 0.2) is 6.10 Å². The molecule has 0 amide bonds. The second-order valence-electron chi connectivity index (χ2n) is 12.3. The predicted molar refractivity (Wildman–Crippen MR) is 182 cm³/mol. The highest BCUT2D eigenvalue weighted by Gasteiger charge is 2.27. The fourth-order valence-corrected chi connectivity index (χ4v) is 5.60. The molecule has 0 rings (SSSR count). The number of aliphatic hydroxyl groups is 2. The number of hydrogen-bond donors (Lipinski definition) is 3. The molecule has 0 aromatic carbocycles. The molecule has 3 N–H and O–H groups in total. The maximum atomic E-state index is 12.5. The molecule has 0 bridgehead atoms. The number of phosphoric acid groups is 1. The maximum absolute atomic E-state index is 12.5. The summed E-state index contributed by atoms with van der Waals surface area (Å²) in [5, 5.41) is 18.2. The van der Waals surface area contributed by atoms with Crippen molar-refractivity contribution in [1.82, 2.24) is 0 Å². The lowest BCUT2D eigenvalue weighted by Gasteiger charge is -2.20. The summed E-state index contributed by atoms with van der Waals surface area (Å²) in [4.78, 5) is 34.7. The number of rotatable bonds is 34. The Bertz CT molecular complexity index is 791. The summed E-state index contributed by atoms with van der Waals surface area (Å²) in [6.07, 6.45) is 26.2. The van der Waals surface area contributed by atoms with Gasteiger partial charge in [-0.05, 0) is 38.5 Å². The number of esters is 2. The summed E-state index contributed by atoms with van der Waals surface area (Å²) in [7, 11) is -4.60. The quantitative estimate of drug-likeness (QED) is 0.0262. The van der Waals surface area contributed by atoms with E-state index in [1.165, 1.54) is 77.0 Å². The fraction of sp³-hybridized carbons (Fsp3) is 0.886. The molecule has 0 aliphatic rings. The minimum atomic E-state index is -4.60. The molecule has 3 atom stereocenters. The van der Waals surface area contributed by atoms with E-state index in [0.29, 0.717) is 12.8 Å². The average Bonchev–Trinajstić information content (AvgIpc) is 3.04. The van der Waals surface area contributed by atoms with Crippen LogP contribution in [-0.4, -0.2) is 65.7 Å². The van der Waals surface area contributed by atoms with E-state index in [1.807, 2.05) is 0 Å². The Morgan fingerprint density at radius 2 is 1.07 bits per heavy atom. The number of allylic oxidation sites excluding steroid dienone is 2. The van der Waals surface area contributed by atoms with Crippen molar-refractivity contribution in [2.75, 3.05) is 26.4 Å². The van der Waals surface area contributed by atoms with Crippen LogP contribution in [0, 0.1) is 0 Å². The molecular weight excluding hydrogens is 611 g/mol. The van der Waals surface area contributed by atoms with Gasteiger partial charge in [-0.2, -0.15) is 0 Å². The summed E-state index contributed by atoms with van der Waals surface area (Å²) < 4.78 is 32.5. The van der Waals surface area contributed by atoms with Gasteiger partial charge >= 0.3 is 19.8 Å². The first-order valence-electron chi connectivity index (χ1n) is 18.1. The SMILES string of the molecule is CCCCCCCC/C=C/CCCCCC(=O)OC[C@H](COP(=O)(O)OC[C@@H](O)CO)OC(=O)CCCCCCCCCCCC. The van der Waals surface area contributed by atoms with E-state index in [2.05, 4.69) is 30.5 Å². The molecule has 46 heavy (non-hydrogen) atoms. The largest absolute Gasteiger partial charge is 0.472 e. The molecule has 0 saturated carbocycles. The van der Waals surface area contributed by atoms with Gasteiger partial charge < -0.3 is 24.6 Å². The van der Waals surface area contributed by atoms with Crippen LogP contribution in [-0.2, 0) is 32.7 Å². The summed E-state index contributed by atoms with van der Waals surface area (Å²) in [5.41, 5.74) is 0. The second kappa shape index (κ2) is 32.3. The number of phosphoric ester groups is 1. The van der Waals surface area contributed by atoms with Crippen LogP contribution in [0.3, 0.4) is 0 Å². The topological polar surface area (TPSA) is 149 Å². The van der Waals surface area contributed by atoms with Crippen LogP contribution in [0.4, 0.5) is 0 Å². The molecule has 0 fully saturated rings. The van der Waals surface area contributed by atoms with Crippen molar-refractivity contribution in [1.29, 1.82) is 0 Å². The number of aliphatic hydroxyl groups excluding tert-OH is 2. The Kier molecular flexibility index (Phi) is 31.4. The predicted octanol–water partition coefficient (Wildman–Crippen LogP) is 8.50. The molecule has 0 aliphatic carbocycles. The molecule has 0 aliphatic heterocycles. The third-order valence-corrected chi connectivity index (χ3v) is 8.62. The molecule has 272 valence electrons. The molecule has 11 heteroatoms. The van der Waals surface area contributed by atoms with Crippen LogP contribution in [0.2, 0.25) is 0 Å². The molecule has 10 nitrogen and oxygen atoms in total. The van der Waals surface area contributed by atoms with Gasteiger partial charge in [0.05, 0.1) is 19.8 Å². The zero-order valence-electron chi connectivity index (χ0n) is 29.0. The van der Waals surface area contributed by atoms with Crippen molar-refractivity contribution in [3.8, 4) is 0 Å².